The van der Waals surface area contributed by atoms with Gasteiger partial charge in [-0.15, -0.1) is 0 Å². The third kappa shape index (κ3) is 3.73. The molecule has 0 aliphatic carbocycles. The summed E-state index contributed by atoms with van der Waals surface area (Å²) in [6, 6.07) is 14.4. The smallest absolute Gasteiger partial charge is 0.413 e. The van der Waals surface area contributed by atoms with E-state index in [1.165, 1.54) is 18.2 Å². The molecule has 0 fully saturated rings. The van der Waals surface area contributed by atoms with Crippen LogP contribution >= 0.6 is 42.4 Å². The van der Waals surface area contributed by atoms with Crippen molar-refractivity contribution in [3.63, 3.8) is 0 Å². The second-order valence-electron chi connectivity index (χ2n) is 6.28. The summed E-state index contributed by atoms with van der Waals surface area (Å²) < 4.78 is 31.0. The maximum Gasteiger partial charge on any atom is 0.413 e. The minimum Gasteiger partial charge on any atom is -0.452 e. The van der Waals surface area contributed by atoms with Gasteiger partial charge in [0.1, 0.15) is 10.9 Å². The highest BCUT2D eigenvalue weighted by Gasteiger charge is 2.35. The van der Waals surface area contributed by atoms with Crippen molar-refractivity contribution in [1.29, 1.82) is 0 Å². The van der Waals surface area contributed by atoms with Gasteiger partial charge in [0.15, 0.2) is 11.3 Å². The molecule has 9 heteroatoms. The van der Waals surface area contributed by atoms with Gasteiger partial charge in [0.25, 0.3) is 0 Å². The van der Waals surface area contributed by atoms with E-state index in [0.717, 1.165) is 0 Å². The first-order valence-corrected chi connectivity index (χ1v) is 11.6. The van der Waals surface area contributed by atoms with Gasteiger partial charge in [0.05, 0.1) is 27.4 Å². The van der Waals surface area contributed by atoms with Crippen molar-refractivity contribution in [2.45, 2.75) is 6.92 Å². The topological polar surface area (TPSA) is 65.7 Å². The number of fused-ring (bicyclic) bond motifs is 2. The van der Waals surface area contributed by atoms with Crippen LogP contribution in [0, 0.1) is 0 Å². The van der Waals surface area contributed by atoms with Crippen molar-refractivity contribution < 1.29 is 18.0 Å². The Morgan fingerprint density at radius 3 is 2.33 bits per heavy atom. The molecule has 0 saturated heterocycles. The Morgan fingerprint density at radius 2 is 1.63 bits per heavy atom. The van der Waals surface area contributed by atoms with Gasteiger partial charge in [-0.25, -0.2) is 4.57 Å². The summed E-state index contributed by atoms with van der Waals surface area (Å²) in [6.07, 6.45) is 0. The molecule has 0 amide bonds. The van der Waals surface area contributed by atoms with Crippen LogP contribution in [0.2, 0.25) is 15.1 Å². The van der Waals surface area contributed by atoms with Gasteiger partial charge in [-0.2, -0.15) is 0 Å². The predicted octanol–water partition coefficient (Wildman–Crippen LogP) is 6.84. The Balaban J connectivity index is 1.94. The van der Waals surface area contributed by atoms with Crippen molar-refractivity contribution in [2.24, 2.45) is 0 Å². The molecule has 4 rings (SSSR count). The molecular formula is C21H14Cl3O5P. The minimum atomic E-state index is -4.05. The van der Waals surface area contributed by atoms with Crippen molar-refractivity contribution in [3.05, 3.63) is 79.9 Å². The van der Waals surface area contributed by atoms with Gasteiger partial charge in [-0.3, -0.25) is 9.32 Å². The molecule has 4 aromatic rings. The van der Waals surface area contributed by atoms with Crippen LogP contribution in [-0.4, -0.2) is 6.61 Å². The Labute approximate surface area is 186 Å². The average molecular weight is 484 g/mol. The fourth-order valence-corrected chi connectivity index (χ4v) is 6.21. The highest BCUT2D eigenvalue weighted by Crippen LogP contribution is 2.52. The molecule has 1 unspecified atom stereocenters. The summed E-state index contributed by atoms with van der Waals surface area (Å²) in [5, 5.41) is 1.05. The van der Waals surface area contributed by atoms with Crippen LogP contribution in [0.15, 0.2) is 63.8 Å². The molecule has 5 nitrogen and oxygen atoms in total. The summed E-state index contributed by atoms with van der Waals surface area (Å²) in [5.41, 5.74) is 0.285. The van der Waals surface area contributed by atoms with E-state index in [4.69, 9.17) is 48.3 Å². The third-order valence-corrected chi connectivity index (χ3v) is 7.48. The molecule has 0 spiro atoms. The number of benzene rings is 3. The number of halogens is 3. The Morgan fingerprint density at radius 1 is 0.967 bits per heavy atom. The van der Waals surface area contributed by atoms with E-state index < -0.39 is 7.60 Å². The van der Waals surface area contributed by atoms with Crippen LogP contribution < -0.4 is 15.3 Å². The molecule has 0 N–H and O–H groups in total. The first kappa shape index (κ1) is 21.2. The molecule has 1 heterocycles. The lowest BCUT2D eigenvalue weighted by atomic mass is 10.1. The zero-order valence-electron chi connectivity index (χ0n) is 15.5. The lowest BCUT2D eigenvalue weighted by Gasteiger charge is -2.21. The summed E-state index contributed by atoms with van der Waals surface area (Å²) in [4.78, 5) is 12.9. The number of hydrogen-bond donors (Lipinski definition) is 0. The van der Waals surface area contributed by atoms with Crippen molar-refractivity contribution in [2.75, 3.05) is 6.61 Å². The number of rotatable bonds is 5. The van der Waals surface area contributed by atoms with Crippen LogP contribution in [0.5, 0.6) is 5.75 Å². The van der Waals surface area contributed by atoms with E-state index in [1.807, 2.05) is 0 Å². The zero-order valence-corrected chi connectivity index (χ0v) is 18.7. The molecular weight excluding hydrogens is 470 g/mol. The van der Waals surface area contributed by atoms with E-state index in [2.05, 4.69) is 0 Å². The lowest BCUT2D eigenvalue weighted by Crippen LogP contribution is -2.16. The molecule has 1 atom stereocenters. The second-order valence-corrected chi connectivity index (χ2v) is 9.42. The largest absolute Gasteiger partial charge is 0.452 e. The fraction of sp³-hybridized carbons (Fsp3) is 0.0952. The highest BCUT2D eigenvalue weighted by atomic mass is 35.5. The Kier molecular flexibility index (Phi) is 5.84. The van der Waals surface area contributed by atoms with Gasteiger partial charge < -0.3 is 8.94 Å². The van der Waals surface area contributed by atoms with Gasteiger partial charge >= 0.3 is 7.60 Å². The molecule has 0 saturated carbocycles. The maximum absolute atomic E-state index is 13.8. The van der Waals surface area contributed by atoms with Crippen LogP contribution in [0.3, 0.4) is 0 Å². The minimum absolute atomic E-state index is 0.0165. The highest BCUT2D eigenvalue weighted by molar-refractivity contribution is 7.63. The third-order valence-electron chi connectivity index (χ3n) is 4.34. The molecule has 3 aromatic carbocycles. The van der Waals surface area contributed by atoms with E-state index in [1.54, 1.807) is 43.3 Å². The maximum atomic E-state index is 13.8. The number of para-hydroxylation sites is 2. The zero-order chi connectivity index (χ0) is 21.5. The van der Waals surface area contributed by atoms with Crippen molar-refractivity contribution in [3.8, 4) is 5.75 Å². The fourth-order valence-electron chi connectivity index (χ4n) is 3.10. The Hall–Kier alpha value is -2.01. The van der Waals surface area contributed by atoms with E-state index in [9.17, 15) is 9.36 Å². The monoisotopic (exact) mass is 482 g/mol. The van der Waals surface area contributed by atoms with Crippen LogP contribution in [-0.2, 0) is 9.09 Å². The van der Waals surface area contributed by atoms with Crippen LogP contribution in [0.25, 0.3) is 21.9 Å². The molecule has 0 aliphatic heterocycles. The molecule has 30 heavy (non-hydrogen) atoms. The van der Waals surface area contributed by atoms with Gasteiger partial charge in [0.2, 0.25) is 5.43 Å². The van der Waals surface area contributed by atoms with Crippen molar-refractivity contribution >= 4 is 69.6 Å². The summed E-state index contributed by atoms with van der Waals surface area (Å²) >= 11 is 18.5. The molecule has 154 valence electrons. The standard InChI is InChI=1S/C21H14Cl3O5P/c1-2-27-30(26,21-15(23)10-12(22)11-16(21)24)29-18-9-5-7-14-19(25)13-6-3-4-8-17(13)28-20(14)18/h3-11H,2H2,1H3. The van der Waals surface area contributed by atoms with Gasteiger partial charge in [-0.05, 0) is 43.3 Å². The lowest BCUT2D eigenvalue weighted by molar-refractivity contribution is 0.289. The quantitative estimate of drug-likeness (QED) is 0.230. The van der Waals surface area contributed by atoms with Crippen LogP contribution in [0.4, 0.5) is 0 Å². The molecule has 0 aliphatic rings. The Bertz CT molecular complexity index is 1360. The number of hydrogen-bond acceptors (Lipinski definition) is 5. The second kappa shape index (κ2) is 8.26. The van der Waals surface area contributed by atoms with E-state index in [0.29, 0.717) is 11.0 Å². The van der Waals surface area contributed by atoms with Crippen molar-refractivity contribution in [1.82, 2.24) is 0 Å². The predicted molar refractivity (Wildman–Crippen MR) is 121 cm³/mol. The van der Waals surface area contributed by atoms with E-state index >= 15 is 0 Å². The molecule has 0 bridgehead atoms. The van der Waals surface area contributed by atoms with E-state index in [-0.39, 0.29) is 49.1 Å². The van der Waals surface area contributed by atoms with Crippen LogP contribution in [0.1, 0.15) is 6.92 Å². The average Bonchev–Trinajstić information content (AvgIpc) is 2.68. The summed E-state index contributed by atoms with van der Waals surface area (Å²) in [6.45, 7) is 1.72. The first-order valence-electron chi connectivity index (χ1n) is 8.88. The molecule has 1 aromatic heterocycles. The summed E-state index contributed by atoms with van der Waals surface area (Å²) in [5.74, 6) is 0.0641. The van der Waals surface area contributed by atoms with Gasteiger partial charge in [0, 0.05) is 5.02 Å². The normalized spacial score (nSPS) is 13.5. The first-order chi connectivity index (χ1) is 14.3. The van der Waals surface area contributed by atoms with Gasteiger partial charge in [-0.1, -0.05) is 53.0 Å². The SMILES string of the molecule is CCOP(=O)(Oc1cccc2c(=O)c3ccccc3oc12)c1c(Cl)cc(Cl)cc1Cl. The summed E-state index contributed by atoms with van der Waals surface area (Å²) in [7, 11) is -4.05. The molecule has 0 radical (unpaired) electrons.